The van der Waals surface area contributed by atoms with Crippen molar-refractivity contribution in [2.75, 3.05) is 25.1 Å². The second-order valence-electron chi connectivity index (χ2n) is 7.01. The van der Waals surface area contributed by atoms with Gasteiger partial charge in [-0.2, -0.15) is 0 Å². The third-order valence-corrected chi connectivity index (χ3v) is 3.45. The van der Waals surface area contributed by atoms with Crippen molar-refractivity contribution in [2.45, 2.75) is 58.1 Å². The Labute approximate surface area is 134 Å². The van der Waals surface area contributed by atoms with E-state index in [9.17, 15) is 0 Å². The van der Waals surface area contributed by atoms with Gasteiger partial charge in [-0.05, 0) is 52.7 Å². The van der Waals surface area contributed by atoms with Gasteiger partial charge in [0.1, 0.15) is 5.82 Å². The number of nitrogens with zero attached hydrogens (tertiary/aromatic N) is 1. The van der Waals surface area contributed by atoms with Gasteiger partial charge in [-0.25, -0.2) is 4.98 Å². The van der Waals surface area contributed by atoms with Crippen molar-refractivity contribution in [1.82, 2.24) is 4.98 Å². The number of nitrogens with two attached hydrogens (primary N) is 1. The molecular formula is C17H31N3O2. The third kappa shape index (κ3) is 8.32. The Balaban J connectivity index is 2.34. The van der Waals surface area contributed by atoms with Crippen LogP contribution in [0.1, 0.15) is 46.2 Å². The van der Waals surface area contributed by atoms with E-state index in [0.717, 1.165) is 30.9 Å². The van der Waals surface area contributed by atoms with Crippen LogP contribution in [0.5, 0.6) is 0 Å². The first kappa shape index (κ1) is 18.9. The molecule has 0 aliphatic heterocycles. The maximum atomic E-state index is 8.95. The van der Waals surface area contributed by atoms with Crippen LogP contribution in [0.3, 0.4) is 0 Å². The van der Waals surface area contributed by atoms with E-state index in [1.54, 1.807) is 0 Å². The first-order chi connectivity index (χ1) is 10.2. The predicted molar refractivity (Wildman–Crippen MR) is 91.0 cm³/mol. The highest BCUT2D eigenvalue weighted by molar-refractivity contribution is 5.35. The molecule has 0 aliphatic rings. The fourth-order valence-corrected chi connectivity index (χ4v) is 1.99. The summed E-state index contributed by atoms with van der Waals surface area (Å²) in [5.41, 5.74) is 6.48. The summed E-state index contributed by atoms with van der Waals surface area (Å²) in [6, 6.07) is 5.81. The van der Waals surface area contributed by atoms with Gasteiger partial charge >= 0.3 is 0 Å². The van der Waals surface area contributed by atoms with Crippen LogP contribution in [0, 0.1) is 0 Å². The Hall–Kier alpha value is -1.17. The van der Waals surface area contributed by atoms with Gasteiger partial charge in [0.2, 0.25) is 0 Å². The van der Waals surface area contributed by atoms with Crippen molar-refractivity contribution in [3.8, 4) is 0 Å². The van der Waals surface area contributed by atoms with Gasteiger partial charge in [-0.3, -0.25) is 0 Å². The topological polar surface area (TPSA) is 80.4 Å². The van der Waals surface area contributed by atoms with Crippen molar-refractivity contribution in [3.05, 3.63) is 23.9 Å². The van der Waals surface area contributed by atoms with Gasteiger partial charge < -0.3 is 20.9 Å². The number of nitrogens with one attached hydrogen (secondary N) is 1. The molecule has 22 heavy (non-hydrogen) atoms. The lowest BCUT2D eigenvalue weighted by Gasteiger charge is -2.28. The van der Waals surface area contributed by atoms with E-state index in [-0.39, 0.29) is 17.7 Å². The number of anilines is 1. The molecule has 1 aromatic heterocycles. The molecule has 0 bridgehead atoms. The minimum absolute atomic E-state index is 0.120. The monoisotopic (exact) mass is 309 g/mol. The highest BCUT2D eigenvalue weighted by atomic mass is 16.5. The maximum Gasteiger partial charge on any atom is 0.126 e. The van der Waals surface area contributed by atoms with Crippen LogP contribution < -0.4 is 11.1 Å². The summed E-state index contributed by atoms with van der Waals surface area (Å²) in [6.07, 6.45) is 2.30. The molecule has 0 fully saturated rings. The standard InChI is InChI=1S/C17H31N3O2/c1-16(2,18)10-13-22-17(3,4)9-11-19-15-7-5-6-14(20-15)8-12-21/h5-7,21H,8-13,18H2,1-4H3,(H,19,20). The van der Waals surface area contributed by atoms with Gasteiger partial charge in [0.05, 0.1) is 5.60 Å². The van der Waals surface area contributed by atoms with Gasteiger partial charge in [-0.15, -0.1) is 0 Å². The minimum atomic E-state index is -0.193. The molecule has 126 valence electrons. The molecule has 0 aromatic carbocycles. The van der Waals surface area contributed by atoms with E-state index in [4.69, 9.17) is 15.6 Å². The van der Waals surface area contributed by atoms with Crippen molar-refractivity contribution < 1.29 is 9.84 Å². The number of rotatable bonds is 10. The average molecular weight is 309 g/mol. The molecule has 1 rings (SSSR count). The largest absolute Gasteiger partial charge is 0.396 e. The van der Waals surface area contributed by atoms with Crippen LogP contribution in [0.4, 0.5) is 5.82 Å². The molecule has 0 radical (unpaired) electrons. The number of aliphatic hydroxyl groups is 1. The quantitative estimate of drug-likeness (QED) is 0.618. The molecule has 0 spiro atoms. The Bertz CT molecular complexity index is 442. The molecular weight excluding hydrogens is 278 g/mol. The fourth-order valence-electron chi connectivity index (χ4n) is 1.99. The molecule has 0 unspecified atom stereocenters. The van der Waals surface area contributed by atoms with Crippen LogP contribution in [0.25, 0.3) is 0 Å². The van der Waals surface area contributed by atoms with E-state index >= 15 is 0 Å². The maximum absolute atomic E-state index is 8.95. The molecule has 1 heterocycles. The highest BCUT2D eigenvalue weighted by Gasteiger charge is 2.19. The first-order valence-corrected chi connectivity index (χ1v) is 7.95. The molecule has 0 aliphatic carbocycles. The number of hydrogen-bond acceptors (Lipinski definition) is 5. The van der Waals surface area contributed by atoms with Crippen LogP contribution in [-0.2, 0) is 11.2 Å². The Morgan fingerprint density at radius 3 is 2.59 bits per heavy atom. The molecule has 0 amide bonds. The van der Waals surface area contributed by atoms with E-state index in [1.165, 1.54) is 0 Å². The van der Waals surface area contributed by atoms with Gasteiger partial charge in [0.15, 0.2) is 0 Å². The van der Waals surface area contributed by atoms with Crippen LogP contribution in [0.15, 0.2) is 18.2 Å². The summed E-state index contributed by atoms with van der Waals surface area (Å²) in [6.45, 7) is 9.78. The second kappa shape index (κ2) is 8.46. The first-order valence-electron chi connectivity index (χ1n) is 7.95. The number of pyridine rings is 1. The Morgan fingerprint density at radius 1 is 1.23 bits per heavy atom. The molecule has 0 saturated heterocycles. The zero-order valence-corrected chi connectivity index (χ0v) is 14.4. The van der Waals surface area contributed by atoms with Crippen molar-refractivity contribution in [2.24, 2.45) is 5.73 Å². The lowest BCUT2D eigenvalue weighted by molar-refractivity contribution is -0.0267. The molecule has 5 nitrogen and oxygen atoms in total. The van der Waals surface area contributed by atoms with Crippen LogP contribution in [0.2, 0.25) is 0 Å². The summed E-state index contributed by atoms with van der Waals surface area (Å²) in [5, 5.41) is 12.3. The van der Waals surface area contributed by atoms with Crippen molar-refractivity contribution in [1.29, 1.82) is 0 Å². The fraction of sp³-hybridized carbons (Fsp3) is 0.706. The normalized spacial score (nSPS) is 12.5. The Kier molecular flexibility index (Phi) is 7.26. The second-order valence-corrected chi connectivity index (χ2v) is 7.01. The number of aliphatic hydroxyl groups excluding tert-OH is 1. The van der Waals surface area contributed by atoms with Crippen molar-refractivity contribution in [3.63, 3.8) is 0 Å². The van der Waals surface area contributed by atoms with Gasteiger partial charge in [0.25, 0.3) is 0 Å². The summed E-state index contributed by atoms with van der Waals surface area (Å²) >= 11 is 0. The van der Waals surface area contributed by atoms with E-state index < -0.39 is 0 Å². The lowest BCUT2D eigenvalue weighted by atomic mass is 10.0. The molecule has 5 heteroatoms. The van der Waals surface area contributed by atoms with Crippen LogP contribution in [-0.4, -0.2) is 41.0 Å². The minimum Gasteiger partial charge on any atom is -0.396 e. The molecule has 0 atom stereocenters. The van der Waals surface area contributed by atoms with Gasteiger partial charge in [0, 0.05) is 37.4 Å². The highest BCUT2D eigenvalue weighted by Crippen LogP contribution is 2.17. The van der Waals surface area contributed by atoms with Gasteiger partial charge in [-0.1, -0.05) is 6.07 Å². The van der Waals surface area contributed by atoms with Crippen LogP contribution >= 0.6 is 0 Å². The summed E-state index contributed by atoms with van der Waals surface area (Å²) < 4.78 is 5.93. The lowest BCUT2D eigenvalue weighted by Crippen LogP contribution is -2.36. The summed E-state index contributed by atoms with van der Waals surface area (Å²) in [5.74, 6) is 0.838. The average Bonchev–Trinajstić information content (AvgIpc) is 2.37. The van der Waals surface area contributed by atoms with E-state index in [1.807, 2.05) is 32.0 Å². The predicted octanol–water partition coefficient (Wildman–Crippen LogP) is 2.34. The smallest absolute Gasteiger partial charge is 0.126 e. The zero-order chi connectivity index (χ0) is 16.6. The number of hydrogen-bond donors (Lipinski definition) is 3. The number of aromatic nitrogens is 1. The Morgan fingerprint density at radius 2 is 1.95 bits per heavy atom. The van der Waals surface area contributed by atoms with Crippen molar-refractivity contribution >= 4 is 5.82 Å². The van der Waals surface area contributed by atoms with E-state index in [2.05, 4.69) is 24.1 Å². The molecule has 4 N–H and O–H groups in total. The molecule has 1 aromatic rings. The molecule has 0 saturated carbocycles. The third-order valence-electron chi connectivity index (χ3n) is 3.45. The van der Waals surface area contributed by atoms with E-state index in [0.29, 0.717) is 13.0 Å². The number of ether oxygens (including phenoxy) is 1. The summed E-state index contributed by atoms with van der Waals surface area (Å²) in [4.78, 5) is 4.45. The zero-order valence-electron chi connectivity index (χ0n) is 14.4. The summed E-state index contributed by atoms with van der Waals surface area (Å²) in [7, 11) is 0. The SMILES string of the molecule is CC(C)(N)CCOC(C)(C)CCNc1cccc(CCO)n1.